The lowest BCUT2D eigenvalue weighted by Gasteiger charge is -2.28. The molecule has 0 amide bonds. The zero-order valence-electron chi connectivity index (χ0n) is 14.1. The first kappa shape index (κ1) is 17.7. The molecule has 0 radical (unpaired) electrons. The predicted molar refractivity (Wildman–Crippen MR) is 87.9 cm³/mol. The van der Waals surface area contributed by atoms with Crippen LogP contribution in [0.3, 0.4) is 0 Å². The molecule has 1 fully saturated rings. The molecule has 1 rings (SSSR count). The fraction of sp³-hybridized carbons (Fsp3) is 0.947. The van der Waals surface area contributed by atoms with Gasteiger partial charge in [-0.05, 0) is 37.5 Å². The van der Waals surface area contributed by atoms with Crippen LogP contribution in [0.2, 0.25) is 0 Å². The van der Waals surface area contributed by atoms with E-state index in [0.717, 1.165) is 12.3 Å². The van der Waals surface area contributed by atoms with E-state index in [0.29, 0.717) is 17.6 Å². The molecule has 0 aromatic carbocycles. The van der Waals surface area contributed by atoms with E-state index in [4.69, 9.17) is 0 Å². The second-order valence-corrected chi connectivity index (χ2v) is 6.95. The quantitative estimate of drug-likeness (QED) is 0.468. The van der Waals surface area contributed by atoms with Gasteiger partial charge in [0.15, 0.2) is 0 Å². The first-order chi connectivity index (χ1) is 9.71. The number of rotatable bonds is 10. The van der Waals surface area contributed by atoms with E-state index >= 15 is 0 Å². The molecule has 1 aliphatic carbocycles. The molecule has 0 aliphatic heterocycles. The maximum absolute atomic E-state index is 12.5. The molecule has 1 atom stereocenters. The van der Waals surface area contributed by atoms with Crippen molar-refractivity contribution >= 4 is 5.78 Å². The molecule has 1 heteroatoms. The summed E-state index contributed by atoms with van der Waals surface area (Å²) in [5, 5.41) is 0. The van der Waals surface area contributed by atoms with Crippen LogP contribution in [0.5, 0.6) is 0 Å². The fourth-order valence-corrected chi connectivity index (χ4v) is 3.66. The number of Topliss-reactive ketones (excluding diaryl/α,β-unsaturated/α-hetero) is 1. The average molecular weight is 280 g/mol. The number of hydrogen-bond donors (Lipinski definition) is 0. The van der Waals surface area contributed by atoms with Gasteiger partial charge in [-0.25, -0.2) is 0 Å². The molecule has 0 heterocycles. The molecule has 1 saturated carbocycles. The van der Waals surface area contributed by atoms with Gasteiger partial charge in [0.05, 0.1) is 0 Å². The number of hydrogen-bond acceptors (Lipinski definition) is 1. The average Bonchev–Trinajstić information content (AvgIpc) is 2.49. The van der Waals surface area contributed by atoms with Crippen LogP contribution < -0.4 is 0 Å². The Hall–Kier alpha value is -0.330. The van der Waals surface area contributed by atoms with Gasteiger partial charge < -0.3 is 0 Å². The Bertz CT molecular complexity index is 250. The van der Waals surface area contributed by atoms with Crippen LogP contribution in [0, 0.1) is 17.8 Å². The van der Waals surface area contributed by atoms with Crippen LogP contribution >= 0.6 is 0 Å². The Morgan fingerprint density at radius 2 is 1.65 bits per heavy atom. The predicted octanol–water partition coefficient (Wildman–Crippen LogP) is 6.16. The third-order valence-electron chi connectivity index (χ3n) is 5.30. The van der Waals surface area contributed by atoms with Crippen LogP contribution in [0.15, 0.2) is 0 Å². The molecule has 0 aromatic rings. The highest BCUT2D eigenvalue weighted by Crippen LogP contribution is 2.34. The molecule has 1 unspecified atom stereocenters. The summed E-state index contributed by atoms with van der Waals surface area (Å²) in [5.41, 5.74) is 0. The normalized spacial score (nSPS) is 24.6. The van der Waals surface area contributed by atoms with Crippen LogP contribution in [0.4, 0.5) is 0 Å². The van der Waals surface area contributed by atoms with E-state index < -0.39 is 0 Å². The smallest absolute Gasteiger partial charge is 0.136 e. The van der Waals surface area contributed by atoms with Crippen LogP contribution in [-0.4, -0.2) is 5.78 Å². The molecule has 0 spiro atoms. The van der Waals surface area contributed by atoms with Gasteiger partial charge in [0.2, 0.25) is 0 Å². The number of carbonyl (C=O) groups is 1. The fourth-order valence-electron chi connectivity index (χ4n) is 3.66. The molecule has 0 N–H and O–H groups in total. The highest BCUT2D eigenvalue weighted by molar-refractivity contribution is 5.81. The zero-order chi connectivity index (χ0) is 14.8. The van der Waals surface area contributed by atoms with Crippen molar-refractivity contribution in [3.8, 4) is 0 Å². The van der Waals surface area contributed by atoms with Crippen molar-refractivity contribution < 1.29 is 4.79 Å². The molecule has 0 bridgehead atoms. The van der Waals surface area contributed by atoms with E-state index in [1.807, 2.05) is 0 Å². The maximum atomic E-state index is 12.5. The lowest BCUT2D eigenvalue weighted by atomic mass is 9.76. The Kier molecular flexibility index (Phi) is 9.22. The Balaban J connectivity index is 2.27. The zero-order valence-corrected chi connectivity index (χ0v) is 14.1. The summed E-state index contributed by atoms with van der Waals surface area (Å²) < 4.78 is 0. The largest absolute Gasteiger partial charge is 0.299 e. The van der Waals surface area contributed by atoms with E-state index in [2.05, 4.69) is 20.8 Å². The third-order valence-corrected chi connectivity index (χ3v) is 5.30. The molecule has 0 aromatic heterocycles. The van der Waals surface area contributed by atoms with Crippen molar-refractivity contribution in [2.75, 3.05) is 0 Å². The summed E-state index contributed by atoms with van der Waals surface area (Å²) in [6, 6.07) is 0. The Morgan fingerprint density at radius 1 is 1.00 bits per heavy atom. The van der Waals surface area contributed by atoms with Crippen molar-refractivity contribution in [2.24, 2.45) is 17.8 Å². The van der Waals surface area contributed by atoms with Gasteiger partial charge in [-0.15, -0.1) is 0 Å². The van der Waals surface area contributed by atoms with Gasteiger partial charge in [-0.1, -0.05) is 65.7 Å². The van der Waals surface area contributed by atoms with E-state index in [1.165, 1.54) is 70.6 Å². The second kappa shape index (κ2) is 10.4. The van der Waals surface area contributed by atoms with Crippen LogP contribution in [0.25, 0.3) is 0 Å². The van der Waals surface area contributed by atoms with Gasteiger partial charge >= 0.3 is 0 Å². The van der Waals surface area contributed by atoms with Crippen molar-refractivity contribution in [1.29, 1.82) is 0 Å². The monoisotopic (exact) mass is 280 g/mol. The Labute approximate surface area is 126 Å². The lowest BCUT2D eigenvalue weighted by molar-refractivity contribution is -0.125. The first-order valence-corrected chi connectivity index (χ1v) is 9.23. The van der Waals surface area contributed by atoms with Gasteiger partial charge in [0, 0.05) is 12.3 Å². The number of carbonyl (C=O) groups excluding carboxylic acids is 1. The number of unbranched alkanes of at least 4 members (excludes halogenated alkanes) is 2. The first-order valence-electron chi connectivity index (χ1n) is 9.23. The number of ketones is 1. The van der Waals surface area contributed by atoms with Crippen molar-refractivity contribution in [1.82, 2.24) is 0 Å². The van der Waals surface area contributed by atoms with Crippen molar-refractivity contribution in [3.63, 3.8) is 0 Å². The van der Waals surface area contributed by atoms with Gasteiger partial charge in [-0.2, -0.15) is 0 Å². The van der Waals surface area contributed by atoms with Crippen LogP contribution in [0.1, 0.15) is 97.8 Å². The van der Waals surface area contributed by atoms with E-state index in [-0.39, 0.29) is 0 Å². The Morgan fingerprint density at radius 3 is 2.20 bits per heavy atom. The SMILES string of the molecule is CCCCC1CCC(C(=O)CC(CC)CCCC)CC1. The van der Waals surface area contributed by atoms with Gasteiger partial charge in [0.1, 0.15) is 5.78 Å². The minimum Gasteiger partial charge on any atom is -0.299 e. The highest BCUT2D eigenvalue weighted by Gasteiger charge is 2.26. The summed E-state index contributed by atoms with van der Waals surface area (Å²) in [7, 11) is 0. The minimum absolute atomic E-state index is 0.406. The standard InChI is InChI=1S/C19H36O/c1-4-7-9-16(6-3)15-19(20)18-13-11-17(12-14-18)10-8-5-2/h16-18H,4-15H2,1-3H3. The van der Waals surface area contributed by atoms with Crippen LogP contribution in [-0.2, 0) is 4.79 Å². The van der Waals surface area contributed by atoms with Crippen molar-refractivity contribution in [2.45, 2.75) is 97.8 Å². The second-order valence-electron chi connectivity index (χ2n) is 6.95. The summed E-state index contributed by atoms with van der Waals surface area (Å²) in [6.07, 6.45) is 14.9. The van der Waals surface area contributed by atoms with Gasteiger partial charge in [0.25, 0.3) is 0 Å². The molecule has 118 valence electrons. The molecular weight excluding hydrogens is 244 g/mol. The molecule has 0 saturated heterocycles. The maximum Gasteiger partial charge on any atom is 0.136 e. The lowest BCUT2D eigenvalue weighted by Crippen LogP contribution is -2.23. The topological polar surface area (TPSA) is 17.1 Å². The molecule has 1 aliphatic rings. The molecule has 20 heavy (non-hydrogen) atoms. The van der Waals surface area contributed by atoms with E-state index in [1.54, 1.807) is 0 Å². The summed E-state index contributed by atoms with van der Waals surface area (Å²) in [5.74, 6) is 2.56. The van der Waals surface area contributed by atoms with E-state index in [9.17, 15) is 4.79 Å². The highest BCUT2D eigenvalue weighted by atomic mass is 16.1. The summed E-state index contributed by atoms with van der Waals surface area (Å²) in [4.78, 5) is 12.5. The summed E-state index contributed by atoms with van der Waals surface area (Å²) in [6.45, 7) is 6.76. The summed E-state index contributed by atoms with van der Waals surface area (Å²) >= 11 is 0. The van der Waals surface area contributed by atoms with Crippen molar-refractivity contribution in [3.05, 3.63) is 0 Å². The molecule has 1 nitrogen and oxygen atoms in total. The minimum atomic E-state index is 0.406. The van der Waals surface area contributed by atoms with Gasteiger partial charge in [-0.3, -0.25) is 4.79 Å². The molecular formula is C19H36O. The third kappa shape index (κ3) is 6.41.